The first-order valence-electron chi connectivity index (χ1n) is 8.50. The highest BCUT2D eigenvalue weighted by atomic mass is 19.1. The van der Waals surface area contributed by atoms with Crippen molar-refractivity contribution in [2.45, 2.75) is 13.5 Å². The fourth-order valence-electron chi connectivity index (χ4n) is 2.47. The Morgan fingerprint density at radius 2 is 1.81 bits per heavy atom. The Morgan fingerprint density at radius 3 is 2.63 bits per heavy atom. The number of anilines is 3. The topological polar surface area (TPSA) is 76.1 Å². The molecule has 0 unspecified atom stereocenters. The van der Waals surface area contributed by atoms with Gasteiger partial charge in [-0.2, -0.15) is 0 Å². The quantitative estimate of drug-likeness (QED) is 0.612. The Bertz CT molecular complexity index is 933. The van der Waals surface area contributed by atoms with Gasteiger partial charge in [-0.15, -0.1) is 0 Å². The van der Waals surface area contributed by atoms with Crippen molar-refractivity contribution in [3.05, 3.63) is 77.9 Å². The number of hydrogen-bond donors (Lipinski definition) is 2. The third-order valence-corrected chi connectivity index (χ3v) is 3.77. The predicted octanol–water partition coefficient (Wildman–Crippen LogP) is 4.15. The third kappa shape index (κ3) is 4.78. The third-order valence-electron chi connectivity index (χ3n) is 3.77. The van der Waals surface area contributed by atoms with Gasteiger partial charge in [-0.1, -0.05) is 30.3 Å². The Morgan fingerprint density at radius 1 is 1.07 bits per heavy atom. The number of aromatic nitrogens is 2. The minimum Gasteiger partial charge on any atom is -0.462 e. The molecule has 0 aliphatic rings. The fourth-order valence-corrected chi connectivity index (χ4v) is 2.47. The summed E-state index contributed by atoms with van der Waals surface area (Å²) in [5.74, 6) is 0.343. The smallest absolute Gasteiger partial charge is 0.340 e. The standard InChI is InChI=1S/C20H19FN4O2/c1-2-27-20(26)15-8-4-6-10-17(15)25-19-11-18(23-13-24-19)22-12-14-7-3-5-9-16(14)21/h3-11,13H,2,12H2,1H3,(H2,22,23,24,25). The SMILES string of the molecule is CCOC(=O)c1ccccc1Nc1cc(NCc2ccccc2F)ncn1. The number of esters is 1. The van der Waals surface area contributed by atoms with E-state index in [-0.39, 0.29) is 5.82 Å². The highest BCUT2D eigenvalue weighted by Crippen LogP contribution is 2.21. The second kappa shape index (κ2) is 8.75. The first kappa shape index (κ1) is 18.3. The number of halogens is 1. The predicted molar refractivity (Wildman–Crippen MR) is 101 cm³/mol. The van der Waals surface area contributed by atoms with Gasteiger partial charge in [0.25, 0.3) is 0 Å². The molecule has 3 aromatic rings. The van der Waals surface area contributed by atoms with E-state index in [1.165, 1.54) is 12.4 Å². The average Bonchev–Trinajstić information content (AvgIpc) is 2.68. The maximum Gasteiger partial charge on any atom is 0.340 e. The molecular weight excluding hydrogens is 347 g/mol. The van der Waals surface area contributed by atoms with Crippen LogP contribution in [0.25, 0.3) is 0 Å². The van der Waals surface area contributed by atoms with Crippen LogP contribution in [-0.2, 0) is 11.3 Å². The molecule has 3 rings (SSSR count). The van der Waals surface area contributed by atoms with Crippen molar-refractivity contribution in [1.29, 1.82) is 0 Å². The van der Waals surface area contributed by atoms with Gasteiger partial charge in [0.2, 0.25) is 0 Å². The zero-order chi connectivity index (χ0) is 19.1. The zero-order valence-electron chi connectivity index (χ0n) is 14.8. The molecule has 0 aliphatic carbocycles. The van der Waals surface area contributed by atoms with Crippen LogP contribution in [0.3, 0.4) is 0 Å². The van der Waals surface area contributed by atoms with Crippen molar-refractivity contribution in [3.63, 3.8) is 0 Å². The Labute approximate surface area is 156 Å². The Hall–Kier alpha value is -3.48. The summed E-state index contributed by atoms with van der Waals surface area (Å²) in [6, 6.07) is 15.2. The summed E-state index contributed by atoms with van der Waals surface area (Å²) in [4.78, 5) is 20.4. The molecule has 27 heavy (non-hydrogen) atoms. The molecule has 1 aromatic heterocycles. The number of nitrogens with zero attached hydrogens (tertiary/aromatic N) is 2. The first-order valence-corrected chi connectivity index (χ1v) is 8.50. The van der Waals surface area contributed by atoms with Crippen molar-refractivity contribution in [2.75, 3.05) is 17.2 Å². The summed E-state index contributed by atoms with van der Waals surface area (Å²) in [5, 5.41) is 6.16. The number of hydrogen-bond acceptors (Lipinski definition) is 6. The van der Waals surface area contributed by atoms with E-state index in [9.17, 15) is 9.18 Å². The molecule has 2 aromatic carbocycles. The summed E-state index contributed by atoms with van der Waals surface area (Å²) >= 11 is 0. The van der Waals surface area contributed by atoms with Gasteiger partial charge in [0.05, 0.1) is 17.9 Å². The average molecular weight is 366 g/mol. The summed E-state index contributed by atoms with van der Waals surface area (Å²) < 4.78 is 18.8. The van der Waals surface area contributed by atoms with Gasteiger partial charge >= 0.3 is 5.97 Å². The van der Waals surface area contributed by atoms with E-state index in [2.05, 4.69) is 20.6 Å². The molecule has 0 aliphatic heterocycles. The van der Waals surface area contributed by atoms with Crippen LogP contribution in [0.5, 0.6) is 0 Å². The molecule has 6 nitrogen and oxygen atoms in total. The fraction of sp³-hybridized carbons (Fsp3) is 0.150. The molecular formula is C20H19FN4O2. The number of carbonyl (C=O) groups excluding carboxylic acids is 1. The van der Waals surface area contributed by atoms with E-state index < -0.39 is 5.97 Å². The summed E-state index contributed by atoms with van der Waals surface area (Å²) in [6.07, 6.45) is 1.39. The maximum absolute atomic E-state index is 13.7. The Balaban J connectivity index is 1.73. The number of rotatable bonds is 7. The largest absolute Gasteiger partial charge is 0.462 e. The maximum atomic E-state index is 13.7. The second-order valence-electron chi connectivity index (χ2n) is 5.62. The van der Waals surface area contributed by atoms with Gasteiger partial charge in [-0.25, -0.2) is 19.2 Å². The molecule has 0 atom stereocenters. The molecule has 0 saturated carbocycles. The minimum absolute atomic E-state index is 0.277. The normalized spacial score (nSPS) is 10.3. The van der Waals surface area contributed by atoms with E-state index in [0.717, 1.165) is 0 Å². The minimum atomic E-state index is -0.410. The monoisotopic (exact) mass is 366 g/mol. The molecule has 7 heteroatoms. The van der Waals surface area contributed by atoms with Gasteiger partial charge in [0.15, 0.2) is 0 Å². The molecule has 0 fully saturated rings. The molecule has 0 radical (unpaired) electrons. The van der Waals surface area contributed by atoms with Crippen molar-refractivity contribution >= 4 is 23.3 Å². The molecule has 0 bridgehead atoms. The van der Waals surface area contributed by atoms with Crippen molar-refractivity contribution < 1.29 is 13.9 Å². The van der Waals surface area contributed by atoms with Crippen molar-refractivity contribution in [3.8, 4) is 0 Å². The van der Waals surface area contributed by atoms with Gasteiger partial charge < -0.3 is 15.4 Å². The number of carbonyl (C=O) groups is 1. The molecule has 138 valence electrons. The number of ether oxygens (including phenoxy) is 1. The highest BCUT2D eigenvalue weighted by Gasteiger charge is 2.12. The van der Waals surface area contributed by atoms with Gasteiger partial charge in [-0.05, 0) is 25.1 Å². The first-order chi connectivity index (χ1) is 13.2. The molecule has 0 amide bonds. The van der Waals surface area contributed by atoms with Crippen LogP contribution < -0.4 is 10.6 Å². The lowest BCUT2D eigenvalue weighted by atomic mass is 10.2. The van der Waals surface area contributed by atoms with Crippen molar-refractivity contribution in [2.24, 2.45) is 0 Å². The number of para-hydroxylation sites is 1. The Kier molecular flexibility index (Phi) is 5.94. The van der Waals surface area contributed by atoms with Crippen LogP contribution in [0.4, 0.5) is 21.7 Å². The molecule has 0 saturated heterocycles. The van der Waals surface area contributed by atoms with Crippen LogP contribution in [0.1, 0.15) is 22.8 Å². The lowest BCUT2D eigenvalue weighted by Crippen LogP contribution is -2.09. The van der Waals surface area contributed by atoms with Gasteiger partial charge in [0, 0.05) is 18.2 Å². The highest BCUT2D eigenvalue weighted by molar-refractivity contribution is 5.96. The van der Waals surface area contributed by atoms with Gasteiger partial charge in [-0.3, -0.25) is 0 Å². The van der Waals surface area contributed by atoms with Crippen LogP contribution in [0.15, 0.2) is 60.9 Å². The van der Waals surface area contributed by atoms with Crippen LogP contribution in [-0.4, -0.2) is 22.5 Å². The lowest BCUT2D eigenvalue weighted by molar-refractivity contribution is 0.0527. The van der Waals surface area contributed by atoms with Gasteiger partial charge in [0.1, 0.15) is 23.8 Å². The number of benzene rings is 2. The van der Waals surface area contributed by atoms with E-state index in [0.29, 0.717) is 41.6 Å². The molecule has 2 N–H and O–H groups in total. The molecule has 0 spiro atoms. The van der Waals surface area contributed by atoms with Crippen LogP contribution >= 0.6 is 0 Å². The molecule has 1 heterocycles. The van der Waals surface area contributed by atoms with E-state index in [1.54, 1.807) is 49.4 Å². The van der Waals surface area contributed by atoms with E-state index in [1.807, 2.05) is 6.07 Å². The lowest BCUT2D eigenvalue weighted by Gasteiger charge is -2.12. The summed E-state index contributed by atoms with van der Waals surface area (Å²) in [6.45, 7) is 2.35. The number of nitrogens with one attached hydrogen (secondary N) is 2. The summed E-state index contributed by atoms with van der Waals surface area (Å²) in [7, 11) is 0. The van der Waals surface area contributed by atoms with E-state index in [4.69, 9.17) is 4.74 Å². The van der Waals surface area contributed by atoms with Crippen LogP contribution in [0.2, 0.25) is 0 Å². The van der Waals surface area contributed by atoms with E-state index >= 15 is 0 Å². The zero-order valence-corrected chi connectivity index (χ0v) is 14.8. The summed E-state index contributed by atoms with van der Waals surface area (Å²) in [5.41, 5.74) is 1.53. The van der Waals surface area contributed by atoms with Crippen molar-refractivity contribution in [1.82, 2.24) is 9.97 Å². The second-order valence-corrected chi connectivity index (χ2v) is 5.62. The van der Waals surface area contributed by atoms with Crippen LogP contribution in [0, 0.1) is 5.82 Å².